The van der Waals surface area contributed by atoms with Crippen LogP contribution >= 0.6 is 23.8 Å². The molecule has 4 nitrogen and oxygen atoms in total. The molecular weight excluding hydrogens is 282 g/mol. The van der Waals surface area contributed by atoms with Crippen molar-refractivity contribution in [2.45, 2.75) is 0 Å². The van der Waals surface area contributed by atoms with Gasteiger partial charge in [0.15, 0.2) is 5.11 Å². The number of hydrogen-bond donors (Lipinski definition) is 3. The number of allylic oxidation sites excluding steroid dienone is 1. The van der Waals surface area contributed by atoms with Crippen molar-refractivity contribution in [2.75, 3.05) is 5.32 Å². The zero-order valence-electron chi connectivity index (χ0n) is 9.74. The summed E-state index contributed by atoms with van der Waals surface area (Å²) in [5.74, 6) is -0.305. The van der Waals surface area contributed by atoms with Crippen LogP contribution in [0, 0.1) is 0 Å². The van der Waals surface area contributed by atoms with Gasteiger partial charge in [0.1, 0.15) is 0 Å². The molecule has 0 aromatic heterocycles. The average Bonchev–Trinajstić information content (AvgIpc) is 2.90. The molecule has 0 heterocycles. The highest BCUT2D eigenvalue weighted by Crippen LogP contribution is 2.14. The summed E-state index contributed by atoms with van der Waals surface area (Å²) in [4.78, 5) is 11.6. The Balaban J connectivity index is 1.83. The van der Waals surface area contributed by atoms with Gasteiger partial charge in [0.2, 0.25) is 0 Å². The first-order valence-electron chi connectivity index (χ1n) is 5.41. The molecule has 0 spiro atoms. The van der Waals surface area contributed by atoms with Gasteiger partial charge in [0, 0.05) is 10.7 Å². The molecule has 1 aliphatic rings. The molecule has 1 aromatic rings. The van der Waals surface area contributed by atoms with Crippen molar-refractivity contribution >= 4 is 40.5 Å². The average molecular weight is 292 g/mol. The lowest BCUT2D eigenvalue weighted by molar-refractivity contribution is -0.117. The maximum absolute atomic E-state index is 11.6. The molecule has 2 rings (SSSR count). The van der Waals surface area contributed by atoms with Gasteiger partial charge in [0.25, 0.3) is 5.91 Å². The third kappa shape index (κ3) is 3.96. The smallest absolute Gasteiger partial charge is 0.277 e. The van der Waals surface area contributed by atoms with Crippen LogP contribution in [0.2, 0.25) is 5.02 Å². The van der Waals surface area contributed by atoms with Gasteiger partial charge in [-0.1, -0.05) is 23.7 Å². The number of halogens is 1. The molecule has 0 bridgehead atoms. The lowest BCUT2D eigenvalue weighted by atomic mass is 10.3. The van der Waals surface area contributed by atoms with E-state index in [9.17, 15) is 4.79 Å². The number of thiocarbonyl (C=S) groups is 1. The van der Waals surface area contributed by atoms with Gasteiger partial charge >= 0.3 is 0 Å². The van der Waals surface area contributed by atoms with E-state index in [1.54, 1.807) is 36.4 Å². The number of hydrogen-bond acceptors (Lipinski definition) is 2. The summed E-state index contributed by atoms with van der Waals surface area (Å²) < 4.78 is 0. The number of carbonyl (C=O) groups is 1. The van der Waals surface area contributed by atoms with Gasteiger partial charge < -0.3 is 5.32 Å². The molecule has 0 fully saturated rings. The van der Waals surface area contributed by atoms with Crippen molar-refractivity contribution in [3.8, 4) is 0 Å². The number of hydrazine groups is 1. The number of carbonyl (C=O) groups excluding carboxylic acids is 1. The van der Waals surface area contributed by atoms with Gasteiger partial charge in [-0.25, -0.2) is 0 Å². The number of benzene rings is 1. The van der Waals surface area contributed by atoms with E-state index in [1.807, 2.05) is 6.07 Å². The summed E-state index contributed by atoms with van der Waals surface area (Å²) in [6, 6.07) is 7.09. The fraction of sp³-hybridized carbons (Fsp3) is 0. The van der Waals surface area contributed by atoms with E-state index in [4.69, 9.17) is 23.8 Å². The van der Waals surface area contributed by atoms with Crippen molar-refractivity contribution in [1.29, 1.82) is 0 Å². The summed E-state index contributed by atoms with van der Waals surface area (Å²) in [5, 5.41) is 3.76. The van der Waals surface area contributed by atoms with Gasteiger partial charge in [0.05, 0.1) is 5.57 Å². The third-order valence-electron chi connectivity index (χ3n) is 2.21. The molecule has 1 aliphatic carbocycles. The normalized spacial score (nSPS) is 11.9. The van der Waals surface area contributed by atoms with Crippen molar-refractivity contribution in [3.63, 3.8) is 0 Å². The number of anilines is 1. The van der Waals surface area contributed by atoms with Crippen LogP contribution in [-0.2, 0) is 4.79 Å². The van der Waals surface area contributed by atoms with Crippen LogP contribution in [0.25, 0.3) is 0 Å². The molecular formula is C13H10ClN3OS. The number of rotatable bonds is 2. The van der Waals surface area contributed by atoms with Crippen molar-refractivity contribution in [2.24, 2.45) is 0 Å². The van der Waals surface area contributed by atoms with E-state index in [2.05, 4.69) is 21.9 Å². The summed E-state index contributed by atoms with van der Waals surface area (Å²) >= 11 is 10.9. The highest BCUT2D eigenvalue weighted by Gasteiger charge is 2.07. The van der Waals surface area contributed by atoms with Gasteiger partial charge in [-0.3, -0.25) is 15.6 Å². The summed E-state index contributed by atoms with van der Waals surface area (Å²) in [6.45, 7) is 0. The number of nitrogens with one attached hydrogen (secondary N) is 3. The molecule has 0 saturated carbocycles. The third-order valence-corrected chi connectivity index (χ3v) is 2.65. The Hall–Kier alpha value is -2.07. The first-order valence-corrected chi connectivity index (χ1v) is 6.20. The van der Waals surface area contributed by atoms with E-state index >= 15 is 0 Å². The van der Waals surface area contributed by atoms with Crippen molar-refractivity contribution in [3.05, 3.63) is 58.8 Å². The molecule has 0 aliphatic heterocycles. The summed E-state index contributed by atoms with van der Waals surface area (Å²) in [5.41, 5.74) is 9.02. The Morgan fingerprint density at radius 2 is 2.16 bits per heavy atom. The molecule has 96 valence electrons. The summed E-state index contributed by atoms with van der Waals surface area (Å²) in [6.07, 6.45) is 5.05. The fourth-order valence-corrected chi connectivity index (χ4v) is 1.74. The van der Waals surface area contributed by atoms with Gasteiger partial charge in [-0.05, 0) is 42.6 Å². The lowest BCUT2D eigenvalue weighted by Gasteiger charge is -2.11. The van der Waals surface area contributed by atoms with Gasteiger partial charge in [-0.2, -0.15) is 0 Å². The topological polar surface area (TPSA) is 53.2 Å². The van der Waals surface area contributed by atoms with Gasteiger partial charge in [-0.15, -0.1) is 5.73 Å². The highest BCUT2D eigenvalue weighted by molar-refractivity contribution is 7.80. The molecule has 0 unspecified atom stereocenters. The minimum absolute atomic E-state index is 0.266. The molecule has 1 aromatic carbocycles. The molecule has 1 amide bonds. The highest BCUT2D eigenvalue weighted by atomic mass is 35.5. The fourth-order valence-electron chi connectivity index (χ4n) is 1.38. The zero-order valence-corrected chi connectivity index (χ0v) is 11.3. The second-order valence-electron chi connectivity index (χ2n) is 3.63. The molecule has 6 heteroatoms. The predicted molar refractivity (Wildman–Crippen MR) is 79.7 cm³/mol. The van der Waals surface area contributed by atoms with Crippen molar-refractivity contribution < 1.29 is 4.79 Å². The van der Waals surface area contributed by atoms with Crippen LogP contribution in [0.1, 0.15) is 0 Å². The first-order chi connectivity index (χ1) is 9.15. The second-order valence-corrected chi connectivity index (χ2v) is 4.47. The minimum Gasteiger partial charge on any atom is -0.331 e. The Morgan fingerprint density at radius 3 is 2.84 bits per heavy atom. The van der Waals surface area contributed by atoms with E-state index in [0.717, 1.165) is 5.69 Å². The van der Waals surface area contributed by atoms with E-state index < -0.39 is 0 Å². The molecule has 19 heavy (non-hydrogen) atoms. The quantitative estimate of drug-likeness (QED) is 0.445. The standard InChI is InChI=1S/C13H10ClN3OS/c14-10-6-3-7-11(8-10)15-13(19)17-16-12(18)9-4-1-2-5-9/h1-4,6-8H,(H,16,18)(H2,15,17,19). The summed E-state index contributed by atoms with van der Waals surface area (Å²) in [7, 11) is 0. The number of amides is 1. The second kappa shape index (κ2) is 6.20. The monoisotopic (exact) mass is 291 g/mol. The van der Waals surface area contributed by atoms with E-state index in [0.29, 0.717) is 10.6 Å². The van der Waals surface area contributed by atoms with Crippen LogP contribution in [-0.4, -0.2) is 11.0 Å². The molecule has 0 radical (unpaired) electrons. The maximum Gasteiger partial charge on any atom is 0.277 e. The molecule has 0 atom stereocenters. The van der Waals surface area contributed by atoms with Crippen LogP contribution in [0.4, 0.5) is 5.69 Å². The van der Waals surface area contributed by atoms with Crippen LogP contribution in [0.3, 0.4) is 0 Å². The minimum atomic E-state index is -0.305. The van der Waals surface area contributed by atoms with E-state index in [1.165, 1.54) is 0 Å². The lowest BCUT2D eigenvalue weighted by Crippen LogP contribution is -2.44. The van der Waals surface area contributed by atoms with Crippen LogP contribution in [0.5, 0.6) is 0 Å². The Labute approximate surface area is 120 Å². The largest absolute Gasteiger partial charge is 0.331 e. The van der Waals surface area contributed by atoms with E-state index in [-0.39, 0.29) is 11.0 Å². The molecule has 0 saturated heterocycles. The van der Waals surface area contributed by atoms with Crippen molar-refractivity contribution in [1.82, 2.24) is 10.9 Å². The van der Waals surface area contributed by atoms with Crippen LogP contribution < -0.4 is 16.2 Å². The SMILES string of the molecule is O=C(NNC(=S)Nc1cccc(Cl)c1)C1=C=CC=C1. The first kappa shape index (κ1) is 13.4. The maximum atomic E-state index is 11.6. The zero-order chi connectivity index (χ0) is 13.7. The Morgan fingerprint density at radius 1 is 1.32 bits per heavy atom. The Kier molecular flexibility index (Phi) is 4.36. The predicted octanol–water partition coefficient (Wildman–Crippen LogP) is 2.31. The Bertz CT molecular complexity index is 618. The van der Waals surface area contributed by atoms with Crippen LogP contribution in [0.15, 0.2) is 53.8 Å². The molecule has 3 N–H and O–H groups in total.